The number of carboxylic acid groups (broad SMARTS) is 1. The third-order valence-corrected chi connectivity index (χ3v) is 3.35. The Hall–Kier alpha value is -1.87. The van der Waals surface area contributed by atoms with E-state index in [1.165, 1.54) is 4.88 Å². The van der Waals surface area contributed by atoms with Gasteiger partial charge < -0.3 is 5.11 Å². The van der Waals surface area contributed by atoms with Crippen LogP contribution in [0.3, 0.4) is 0 Å². The van der Waals surface area contributed by atoms with Gasteiger partial charge in [0.05, 0.1) is 5.56 Å². The number of benzene rings is 1. The summed E-state index contributed by atoms with van der Waals surface area (Å²) in [6, 6.07) is 11.1. The molecule has 3 heteroatoms. The third-order valence-electron chi connectivity index (χ3n) is 2.38. The van der Waals surface area contributed by atoms with Crippen LogP contribution in [0.2, 0.25) is 0 Å². The van der Waals surface area contributed by atoms with Gasteiger partial charge in [-0.15, -0.1) is 11.3 Å². The van der Waals surface area contributed by atoms with Crippen molar-refractivity contribution in [3.63, 3.8) is 0 Å². The maximum absolute atomic E-state index is 11.0. The highest BCUT2D eigenvalue weighted by atomic mass is 32.1. The van der Waals surface area contributed by atoms with Crippen molar-refractivity contribution in [2.75, 3.05) is 0 Å². The van der Waals surface area contributed by atoms with Gasteiger partial charge in [0.25, 0.3) is 0 Å². The Morgan fingerprint density at radius 2 is 1.94 bits per heavy atom. The highest BCUT2D eigenvalue weighted by Gasteiger charge is 2.05. The summed E-state index contributed by atoms with van der Waals surface area (Å²) < 4.78 is 0. The molecule has 0 bridgehead atoms. The highest BCUT2D eigenvalue weighted by molar-refractivity contribution is 7.12. The maximum atomic E-state index is 11.0. The zero-order valence-electron chi connectivity index (χ0n) is 9.38. The minimum absolute atomic E-state index is 0.331. The van der Waals surface area contributed by atoms with E-state index in [0.29, 0.717) is 5.56 Å². The van der Waals surface area contributed by atoms with E-state index in [0.717, 1.165) is 10.4 Å². The third kappa shape index (κ3) is 2.82. The molecule has 0 spiro atoms. The zero-order chi connectivity index (χ0) is 12.3. The van der Waals surface area contributed by atoms with E-state index in [2.05, 4.69) is 0 Å². The first-order valence-electron chi connectivity index (χ1n) is 5.23. The topological polar surface area (TPSA) is 37.3 Å². The van der Waals surface area contributed by atoms with Gasteiger partial charge in [0.2, 0.25) is 0 Å². The number of thiophene rings is 1. The SMILES string of the molecule is Cc1ccc(/C=C\c2ccccc2C(=O)O)s1. The van der Waals surface area contributed by atoms with Crippen LogP contribution in [0.4, 0.5) is 0 Å². The fraction of sp³-hybridized carbons (Fsp3) is 0.0714. The lowest BCUT2D eigenvalue weighted by molar-refractivity contribution is 0.0696. The fourth-order valence-corrected chi connectivity index (χ4v) is 2.33. The van der Waals surface area contributed by atoms with Crippen LogP contribution < -0.4 is 0 Å². The first-order chi connectivity index (χ1) is 8.16. The molecule has 1 aromatic carbocycles. The predicted octanol–water partition coefficient (Wildman–Crippen LogP) is 3.93. The lowest BCUT2D eigenvalue weighted by atomic mass is 10.1. The van der Waals surface area contributed by atoms with Gasteiger partial charge in [-0.25, -0.2) is 4.79 Å². The van der Waals surface area contributed by atoms with Gasteiger partial charge in [-0.2, -0.15) is 0 Å². The molecule has 0 unspecified atom stereocenters. The molecule has 0 atom stereocenters. The van der Waals surface area contributed by atoms with E-state index in [1.807, 2.05) is 37.3 Å². The summed E-state index contributed by atoms with van der Waals surface area (Å²) in [6.07, 6.45) is 3.79. The van der Waals surface area contributed by atoms with E-state index in [-0.39, 0.29) is 0 Å². The lowest BCUT2D eigenvalue weighted by Crippen LogP contribution is -1.98. The highest BCUT2D eigenvalue weighted by Crippen LogP contribution is 2.19. The van der Waals surface area contributed by atoms with Crippen LogP contribution in [0.1, 0.15) is 25.7 Å². The predicted molar refractivity (Wildman–Crippen MR) is 71.4 cm³/mol. The molecule has 0 fully saturated rings. The Morgan fingerprint density at radius 1 is 1.18 bits per heavy atom. The van der Waals surface area contributed by atoms with Gasteiger partial charge >= 0.3 is 5.97 Å². The van der Waals surface area contributed by atoms with Crippen LogP contribution in [0.5, 0.6) is 0 Å². The first kappa shape index (κ1) is 11.6. The smallest absolute Gasteiger partial charge is 0.336 e. The van der Waals surface area contributed by atoms with Crippen LogP contribution in [-0.4, -0.2) is 11.1 Å². The van der Waals surface area contributed by atoms with E-state index in [9.17, 15) is 4.79 Å². The molecule has 2 nitrogen and oxygen atoms in total. The molecular formula is C14H12O2S. The Balaban J connectivity index is 2.30. The second-order valence-electron chi connectivity index (χ2n) is 3.67. The standard InChI is InChI=1S/C14H12O2S/c1-10-6-8-12(17-10)9-7-11-4-2-3-5-13(11)14(15)16/h2-9H,1H3,(H,15,16)/b9-7-. The first-order valence-corrected chi connectivity index (χ1v) is 6.05. The summed E-state index contributed by atoms with van der Waals surface area (Å²) in [6.45, 7) is 2.05. The van der Waals surface area contributed by atoms with Crippen LogP contribution in [0.25, 0.3) is 12.2 Å². The molecule has 86 valence electrons. The number of carbonyl (C=O) groups is 1. The Kier molecular flexibility index (Phi) is 3.40. The average molecular weight is 244 g/mol. The van der Waals surface area contributed by atoms with Crippen molar-refractivity contribution in [2.45, 2.75) is 6.92 Å². The number of aryl methyl sites for hydroxylation is 1. The largest absolute Gasteiger partial charge is 0.478 e. The van der Waals surface area contributed by atoms with Crippen LogP contribution in [-0.2, 0) is 0 Å². The number of aromatic carboxylic acids is 1. The lowest BCUT2D eigenvalue weighted by Gasteiger charge is -1.99. The molecule has 0 radical (unpaired) electrons. The minimum atomic E-state index is -0.896. The summed E-state index contributed by atoms with van der Waals surface area (Å²) in [4.78, 5) is 13.4. The molecule has 2 rings (SSSR count). The number of carboxylic acids is 1. The molecule has 1 N–H and O–H groups in total. The van der Waals surface area contributed by atoms with Crippen molar-refractivity contribution < 1.29 is 9.90 Å². The van der Waals surface area contributed by atoms with Gasteiger partial charge in [-0.05, 0) is 36.8 Å². The normalized spacial score (nSPS) is 10.9. The van der Waals surface area contributed by atoms with Crippen LogP contribution in [0, 0.1) is 6.92 Å². The molecule has 17 heavy (non-hydrogen) atoms. The van der Waals surface area contributed by atoms with Crippen LogP contribution in [0.15, 0.2) is 36.4 Å². The second-order valence-corrected chi connectivity index (χ2v) is 4.99. The number of hydrogen-bond donors (Lipinski definition) is 1. The van der Waals surface area contributed by atoms with Crippen molar-refractivity contribution in [3.8, 4) is 0 Å². The van der Waals surface area contributed by atoms with Gasteiger partial charge in [-0.1, -0.05) is 24.3 Å². The molecule has 0 amide bonds. The van der Waals surface area contributed by atoms with E-state index < -0.39 is 5.97 Å². The van der Waals surface area contributed by atoms with Gasteiger partial charge in [0.1, 0.15) is 0 Å². The van der Waals surface area contributed by atoms with E-state index >= 15 is 0 Å². The Labute approximate surface area is 104 Å². The molecule has 0 aliphatic carbocycles. The molecular weight excluding hydrogens is 232 g/mol. The molecule has 0 saturated carbocycles. The zero-order valence-corrected chi connectivity index (χ0v) is 10.2. The van der Waals surface area contributed by atoms with Crippen molar-refractivity contribution in [1.29, 1.82) is 0 Å². The summed E-state index contributed by atoms with van der Waals surface area (Å²) in [5, 5.41) is 9.04. The molecule has 1 heterocycles. The second kappa shape index (κ2) is 4.97. The Morgan fingerprint density at radius 3 is 2.59 bits per heavy atom. The maximum Gasteiger partial charge on any atom is 0.336 e. The molecule has 0 saturated heterocycles. The van der Waals surface area contributed by atoms with Crippen molar-refractivity contribution >= 4 is 29.5 Å². The summed E-state index contributed by atoms with van der Waals surface area (Å²) in [5.74, 6) is -0.896. The summed E-state index contributed by atoms with van der Waals surface area (Å²) in [5.41, 5.74) is 1.06. The van der Waals surface area contributed by atoms with E-state index in [1.54, 1.807) is 29.5 Å². The summed E-state index contributed by atoms with van der Waals surface area (Å²) >= 11 is 1.69. The van der Waals surface area contributed by atoms with Crippen LogP contribution >= 0.6 is 11.3 Å². The fourth-order valence-electron chi connectivity index (χ4n) is 1.55. The van der Waals surface area contributed by atoms with Crippen molar-refractivity contribution in [1.82, 2.24) is 0 Å². The van der Waals surface area contributed by atoms with Gasteiger partial charge in [0.15, 0.2) is 0 Å². The van der Waals surface area contributed by atoms with Crippen molar-refractivity contribution in [3.05, 3.63) is 57.3 Å². The molecule has 1 aromatic heterocycles. The van der Waals surface area contributed by atoms with Gasteiger partial charge in [-0.3, -0.25) is 0 Å². The molecule has 2 aromatic rings. The molecule has 0 aliphatic heterocycles. The van der Waals surface area contributed by atoms with E-state index in [4.69, 9.17) is 5.11 Å². The average Bonchev–Trinajstić information content (AvgIpc) is 2.73. The van der Waals surface area contributed by atoms with Gasteiger partial charge in [0, 0.05) is 9.75 Å². The Bertz CT molecular complexity index is 567. The number of hydrogen-bond acceptors (Lipinski definition) is 2. The monoisotopic (exact) mass is 244 g/mol. The summed E-state index contributed by atoms with van der Waals surface area (Å²) in [7, 11) is 0. The quantitative estimate of drug-likeness (QED) is 0.888. The van der Waals surface area contributed by atoms with Crippen molar-refractivity contribution in [2.24, 2.45) is 0 Å². The molecule has 0 aliphatic rings. The number of rotatable bonds is 3. The minimum Gasteiger partial charge on any atom is -0.478 e.